The van der Waals surface area contributed by atoms with Crippen LogP contribution in [0.1, 0.15) is 60.7 Å². The Hall–Kier alpha value is -1.93. The molecule has 3 aliphatic heterocycles. The van der Waals surface area contributed by atoms with Crippen LogP contribution in [0.15, 0.2) is 10.6 Å². The van der Waals surface area contributed by atoms with E-state index in [0.717, 1.165) is 37.9 Å². The van der Waals surface area contributed by atoms with Crippen molar-refractivity contribution in [2.75, 3.05) is 26.2 Å². The SMILES string of the molecule is O=C(c1cc(C2CC2)on1)N1CC[C@H]2C[C@@H](C(=O)N3CCCCO3)O[C@@H]2C1. The van der Waals surface area contributed by atoms with Gasteiger partial charge in [0.2, 0.25) is 0 Å². The van der Waals surface area contributed by atoms with Gasteiger partial charge in [0.1, 0.15) is 11.9 Å². The third-order valence-electron chi connectivity index (χ3n) is 6.09. The highest BCUT2D eigenvalue weighted by Gasteiger charge is 2.44. The number of piperidine rings is 1. The van der Waals surface area contributed by atoms with E-state index in [2.05, 4.69) is 5.16 Å². The van der Waals surface area contributed by atoms with Crippen LogP contribution in [-0.4, -0.2) is 65.4 Å². The fourth-order valence-corrected chi connectivity index (χ4v) is 4.32. The zero-order valence-electron chi connectivity index (χ0n) is 15.3. The van der Waals surface area contributed by atoms with E-state index in [0.29, 0.717) is 50.2 Å². The Morgan fingerprint density at radius 3 is 2.81 bits per heavy atom. The number of carbonyl (C=O) groups is 2. The minimum atomic E-state index is -0.457. The first-order chi connectivity index (χ1) is 13.2. The van der Waals surface area contributed by atoms with Crippen LogP contribution >= 0.6 is 0 Å². The fraction of sp³-hybridized carbons (Fsp3) is 0.737. The summed E-state index contributed by atoms with van der Waals surface area (Å²) in [7, 11) is 0. The summed E-state index contributed by atoms with van der Waals surface area (Å²) in [6.45, 7) is 2.39. The molecule has 1 saturated carbocycles. The Kier molecular flexibility index (Phi) is 4.40. The van der Waals surface area contributed by atoms with Gasteiger partial charge in [0.05, 0.1) is 12.7 Å². The lowest BCUT2D eigenvalue weighted by molar-refractivity contribution is -0.206. The Bertz CT molecular complexity index is 725. The number of hydrogen-bond acceptors (Lipinski definition) is 6. The number of likely N-dealkylation sites (tertiary alicyclic amines) is 1. The van der Waals surface area contributed by atoms with Crippen molar-refractivity contribution in [2.45, 2.75) is 56.7 Å². The van der Waals surface area contributed by atoms with E-state index in [-0.39, 0.29) is 17.9 Å². The van der Waals surface area contributed by atoms with E-state index in [1.807, 2.05) is 0 Å². The van der Waals surface area contributed by atoms with Crippen LogP contribution in [0.25, 0.3) is 0 Å². The van der Waals surface area contributed by atoms with Crippen molar-refractivity contribution in [2.24, 2.45) is 5.92 Å². The van der Waals surface area contributed by atoms with Gasteiger partial charge in [0, 0.05) is 31.6 Å². The molecule has 0 spiro atoms. The van der Waals surface area contributed by atoms with Gasteiger partial charge in [0.15, 0.2) is 5.69 Å². The van der Waals surface area contributed by atoms with Crippen molar-refractivity contribution in [1.82, 2.24) is 15.1 Å². The topological polar surface area (TPSA) is 85.1 Å². The summed E-state index contributed by atoms with van der Waals surface area (Å²) < 4.78 is 11.4. The molecule has 8 heteroatoms. The van der Waals surface area contributed by atoms with Crippen LogP contribution in [0.2, 0.25) is 0 Å². The van der Waals surface area contributed by atoms with Crippen molar-refractivity contribution in [3.63, 3.8) is 0 Å². The number of ether oxygens (including phenoxy) is 1. The molecule has 0 aromatic carbocycles. The fourth-order valence-electron chi connectivity index (χ4n) is 4.32. The summed E-state index contributed by atoms with van der Waals surface area (Å²) in [6, 6.07) is 1.78. The summed E-state index contributed by atoms with van der Waals surface area (Å²) >= 11 is 0. The molecular formula is C19H25N3O5. The van der Waals surface area contributed by atoms with Crippen molar-refractivity contribution >= 4 is 11.8 Å². The molecule has 8 nitrogen and oxygen atoms in total. The smallest absolute Gasteiger partial charge is 0.276 e. The van der Waals surface area contributed by atoms with Crippen LogP contribution in [0, 0.1) is 5.92 Å². The Morgan fingerprint density at radius 1 is 1.15 bits per heavy atom. The number of carbonyl (C=O) groups excluding carboxylic acids is 2. The van der Waals surface area contributed by atoms with Crippen molar-refractivity contribution < 1.29 is 23.7 Å². The molecule has 5 rings (SSSR count). The zero-order chi connectivity index (χ0) is 18.4. The highest BCUT2D eigenvalue weighted by molar-refractivity contribution is 5.92. The van der Waals surface area contributed by atoms with Gasteiger partial charge in [-0.05, 0) is 44.4 Å². The molecule has 3 saturated heterocycles. The quantitative estimate of drug-likeness (QED) is 0.800. The predicted octanol–water partition coefficient (Wildman–Crippen LogP) is 1.73. The number of hydroxylamine groups is 2. The molecule has 0 N–H and O–H groups in total. The van der Waals surface area contributed by atoms with Crippen LogP contribution in [0.5, 0.6) is 0 Å². The van der Waals surface area contributed by atoms with Gasteiger partial charge in [-0.25, -0.2) is 5.06 Å². The van der Waals surface area contributed by atoms with E-state index >= 15 is 0 Å². The number of amides is 2. The largest absolute Gasteiger partial charge is 0.363 e. The monoisotopic (exact) mass is 375 g/mol. The van der Waals surface area contributed by atoms with Gasteiger partial charge in [-0.1, -0.05) is 5.16 Å². The lowest BCUT2D eigenvalue weighted by atomic mass is 9.91. The molecule has 146 valence electrons. The average Bonchev–Trinajstić information content (AvgIpc) is 3.28. The second-order valence-corrected chi connectivity index (χ2v) is 8.07. The first kappa shape index (κ1) is 17.2. The van der Waals surface area contributed by atoms with Crippen LogP contribution in [-0.2, 0) is 14.4 Å². The van der Waals surface area contributed by atoms with Crippen molar-refractivity contribution in [1.29, 1.82) is 0 Å². The molecular weight excluding hydrogens is 350 g/mol. The van der Waals surface area contributed by atoms with Gasteiger partial charge in [0.25, 0.3) is 11.8 Å². The molecule has 27 heavy (non-hydrogen) atoms. The van der Waals surface area contributed by atoms with E-state index in [9.17, 15) is 9.59 Å². The third-order valence-corrected chi connectivity index (χ3v) is 6.09. The lowest BCUT2D eigenvalue weighted by Gasteiger charge is -2.33. The molecule has 4 aliphatic rings. The van der Waals surface area contributed by atoms with E-state index in [1.54, 1.807) is 11.0 Å². The Morgan fingerprint density at radius 2 is 2.04 bits per heavy atom. The summed E-state index contributed by atoms with van der Waals surface area (Å²) in [5.74, 6) is 1.38. The highest BCUT2D eigenvalue weighted by Crippen LogP contribution is 2.40. The third kappa shape index (κ3) is 3.36. The van der Waals surface area contributed by atoms with E-state index in [1.165, 1.54) is 5.06 Å². The van der Waals surface area contributed by atoms with Crippen LogP contribution < -0.4 is 0 Å². The number of rotatable bonds is 3. The average molecular weight is 375 g/mol. The number of aromatic nitrogens is 1. The first-order valence-corrected chi connectivity index (χ1v) is 10.0. The van der Waals surface area contributed by atoms with Gasteiger partial charge in [-0.3, -0.25) is 14.4 Å². The van der Waals surface area contributed by atoms with Gasteiger partial charge in [-0.2, -0.15) is 0 Å². The molecule has 1 aromatic heterocycles. The van der Waals surface area contributed by atoms with Gasteiger partial charge < -0.3 is 14.2 Å². The Balaban J connectivity index is 1.20. The summed E-state index contributed by atoms with van der Waals surface area (Å²) in [6.07, 6.45) is 5.17. The molecule has 0 bridgehead atoms. The number of fused-ring (bicyclic) bond motifs is 1. The maximum absolute atomic E-state index is 12.8. The first-order valence-electron chi connectivity index (χ1n) is 10.0. The van der Waals surface area contributed by atoms with E-state index < -0.39 is 6.10 Å². The second kappa shape index (κ2) is 6.91. The lowest BCUT2D eigenvalue weighted by Crippen LogP contribution is -2.46. The summed E-state index contributed by atoms with van der Waals surface area (Å²) in [5.41, 5.74) is 0.377. The molecule has 2 amide bonds. The summed E-state index contributed by atoms with van der Waals surface area (Å²) in [5, 5.41) is 5.42. The maximum atomic E-state index is 12.8. The van der Waals surface area contributed by atoms with Crippen molar-refractivity contribution in [3.8, 4) is 0 Å². The van der Waals surface area contributed by atoms with Gasteiger partial charge >= 0.3 is 0 Å². The van der Waals surface area contributed by atoms with Gasteiger partial charge in [-0.15, -0.1) is 0 Å². The summed E-state index contributed by atoms with van der Waals surface area (Å²) in [4.78, 5) is 32.6. The molecule has 3 atom stereocenters. The van der Waals surface area contributed by atoms with Crippen LogP contribution in [0.3, 0.4) is 0 Å². The molecule has 0 radical (unpaired) electrons. The molecule has 4 heterocycles. The Labute approximate surface area is 157 Å². The van der Waals surface area contributed by atoms with Crippen molar-refractivity contribution in [3.05, 3.63) is 17.5 Å². The van der Waals surface area contributed by atoms with Crippen LogP contribution in [0.4, 0.5) is 0 Å². The zero-order valence-corrected chi connectivity index (χ0v) is 15.3. The predicted molar refractivity (Wildman–Crippen MR) is 92.7 cm³/mol. The normalized spacial score (nSPS) is 31.0. The highest BCUT2D eigenvalue weighted by atomic mass is 16.7. The standard InChI is InChI=1S/C19H25N3O5/c23-18(14-10-15(27-20-14)12-3-4-12)21-7-5-13-9-16(26-17(13)11-21)19(24)22-6-1-2-8-25-22/h10,12-13,16-17H,1-9,11H2/t13-,16-,17+/m0/s1. The minimum absolute atomic E-state index is 0.0763. The molecule has 0 unspecified atom stereocenters. The number of nitrogens with zero attached hydrogens (tertiary/aromatic N) is 3. The number of hydrogen-bond donors (Lipinski definition) is 0. The minimum Gasteiger partial charge on any atom is -0.363 e. The molecule has 1 aliphatic carbocycles. The second-order valence-electron chi connectivity index (χ2n) is 8.07. The molecule has 1 aromatic rings. The molecule has 4 fully saturated rings. The van der Waals surface area contributed by atoms with E-state index in [4.69, 9.17) is 14.1 Å². The maximum Gasteiger partial charge on any atom is 0.276 e.